The van der Waals surface area contributed by atoms with Crippen LogP contribution in [0.3, 0.4) is 0 Å². The Morgan fingerprint density at radius 1 is 0.762 bits per heavy atom. The van der Waals surface area contributed by atoms with Crippen LogP contribution in [0, 0.1) is 0 Å². The maximum atomic E-state index is 10.3. The summed E-state index contributed by atoms with van der Waals surface area (Å²) in [4.78, 5) is 10.3. The van der Waals surface area contributed by atoms with Crippen molar-refractivity contribution in [2.24, 2.45) is 0 Å². The van der Waals surface area contributed by atoms with E-state index in [1.807, 2.05) is 0 Å². The maximum absolute atomic E-state index is 10.3. The zero-order chi connectivity index (χ0) is 14.9. The van der Waals surface area contributed by atoms with Crippen LogP contribution in [0.25, 0.3) is 0 Å². The molecule has 3 heteroatoms. The summed E-state index contributed by atoms with van der Waals surface area (Å²) in [6, 6.07) is 0. The fraction of sp³-hybridized carbons (Fsp3) is 0.833. The molecular formula is C18H34O2Sb. The van der Waals surface area contributed by atoms with Gasteiger partial charge in [-0.25, -0.2) is 0 Å². The van der Waals surface area contributed by atoms with Crippen molar-refractivity contribution in [1.82, 2.24) is 0 Å². The van der Waals surface area contributed by atoms with E-state index in [9.17, 15) is 4.79 Å². The zero-order valence-corrected chi connectivity index (χ0v) is 16.4. The van der Waals surface area contributed by atoms with Gasteiger partial charge in [-0.1, -0.05) is 70.4 Å². The van der Waals surface area contributed by atoms with Gasteiger partial charge in [0.1, 0.15) is 0 Å². The van der Waals surface area contributed by atoms with Crippen LogP contribution >= 0.6 is 0 Å². The largest absolute Gasteiger partial charge is 0.481 e. The quantitative estimate of drug-likeness (QED) is 0.215. The first kappa shape index (κ1) is 23.3. The summed E-state index contributed by atoms with van der Waals surface area (Å²) in [5.41, 5.74) is 0. The van der Waals surface area contributed by atoms with Crippen LogP contribution in [0.1, 0.15) is 96.8 Å². The molecule has 21 heavy (non-hydrogen) atoms. The van der Waals surface area contributed by atoms with Crippen molar-refractivity contribution in [3.05, 3.63) is 12.2 Å². The van der Waals surface area contributed by atoms with Crippen LogP contribution in [-0.2, 0) is 4.79 Å². The van der Waals surface area contributed by atoms with Gasteiger partial charge in [-0.2, -0.15) is 0 Å². The van der Waals surface area contributed by atoms with Crippen LogP contribution in [0.4, 0.5) is 0 Å². The molecule has 0 saturated carbocycles. The van der Waals surface area contributed by atoms with E-state index in [-0.39, 0.29) is 24.4 Å². The van der Waals surface area contributed by atoms with Crippen molar-refractivity contribution in [2.45, 2.75) is 96.8 Å². The third kappa shape index (κ3) is 22.4. The Balaban J connectivity index is 0. The van der Waals surface area contributed by atoms with E-state index >= 15 is 0 Å². The third-order valence-corrected chi connectivity index (χ3v) is 3.65. The average molecular weight is 404 g/mol. The molecule has 0 aromatic rings. The van der Waals surface area contributed by atoms with Crippen LogP contribution in [0.5, 0.6) is 0 Å². The summed E-state index contributed by atoms with van der Waals surface area (Å²) >= 11 is 0. The number of carboxylic acid groups (broad SMARTS) is 1. The van der Waals surface area contributed by atoms with Gasteiger partial charge in [-0.3, -0.25) is 4.79 Å². The summed E-state index contributed by atoms with van der Waals surface area (Å²) in [5.74, 6) is -0.664. The number of unbranched alkanes of at least 4 members (excludes halogenated alkanes) is 11. The molecule has 0 spiro atoms. The van der Waals surface area contributed by atoms with Gasteiger partial charge in [0.2, 0.25) is 0 Å². The van der Waals surface area contributed by atoms with Crippen molar-refractivity contribution >= 4 is 30.4 Å². The van der Waals surface area contributed by atoms with Crippen LogP contribution in [0.2, 0.25) is 0 Å². The van der Waals surface area contributed by atoms with Crippen LogP contribution in [0.15, 0.2) is 12.2 Å². The minimum atomic E-state index is -0.664. The predicted molar refractivity (Wildman–Crippen MR) is 92.8 cm³/mol. The average Bonchev–Trinajstić information content (AvgIpc) is 2.43. The number of aliphatic carboxylic acids is 1. The number of carbonyl (C=O) groups is 1. The molecule has 0 fully saturated rings. The minimum absolute atomic E-state index is 0. The molecule has 0 aromatic carbocycles. The van der Waals surface area contributed by atoms with Gasteiger partial charge in [-0.05, 0) is 32.1 Å². The Labute approximate surface area is 149 Å². The summed E-state index contributed by atoms with van der Waals surface area (Å²) in [5, 5.41) is 8.51. The van der Waals surface area contributed by atoms with Gasteiger partial charge in [0, 0.05) is 30.8 Å². The van der Waals surface area contributed by atoms with Gasteiger partial charge >= 0.3 is 5.97 Å². The Kier molecular flexibility index (Phi) is 22.2. The first-order chi connectivity index (χ1) is 9.77. The molecule has 0 rings (SSSR count). The SMILES string of the molecule is CCCCCCCCC=CCCCCCCCC(=O)O.[Sb]. The molecule has 0 unspecified atom stereocenters. The fourth-order valence-corrected chi connectivity index (χ4v) is 2.35. The first-order valence-electron chi connectivity index (χ1n) is 8.64. The van der Waals surface area contributed by atoms with Gasteiger partial charge in [0.25, 0.3) is 0 Å². The molecule has 0 heterocycles. The van der Waals surface area contributed by atoms with E-state index in [0.29, 0.717) is 6.42 Å². The predicted octanol–water partition coefficient (Wildman–Crippen LogP) is 5.73. The summed E-state index contributed by atoms with van der Waals surface area (Å²) in [7, 11) is 0. The van der Waals surface area contributed by atoms with Crippen LogP contribution < -0.4 is 0 Å². The van der Waals surface area contributed by atoms with E-state index < -0.39 is 5.97 Å². The summed E-state index contributed by atoms with van der Waals surface area (Å²) in [6.45, 7) is 2.26. The molecule has 123 valence electrons. The Morgan fingerprint density at radius 2 is 1.19 bits per heavy atom. The molecule has 3 radical (unpaired) electrons. The molecule has 0 aliphatic carbocycles. The van der Waals surface area contributed by atoms with Gasteiger partial charge in [-0.15, -0.1) is 0 Å². The Morgan fingerprint density at radius 3 is 1.67 bits per heavy atom. The van der Waals surface area contributed by atoms with E-state index in [2.05, 4.69) is 19.1 Å². The topological polar surface area (TPSA) is 37.3 Å². The standard InChI is InChI=1S/C18H34O2.Sb/c1-2-3-4-5-6-7-8-9-10-11-12-13-14-15-16-17-18(19)20;/h9-10H,2-8,11-17H2,1H3,(H,19,20);. The van der Waals surface area contributed by atoms with Crippen molar-refractivity contribution in [3.63, 3.8) is 0 Å². The zero-order valence-electron chi connectivity index (χ0n) is 13.9. The van der Waals surface area contributed by atoms with Crippen molar-refractivity contribution < 1.29 is 9.90 Å². The minimum Gasteiger partial charge on any atom is -0.481 e. The molecule has 0 aromatic heterocycles. The van der Waals surface area contributed by atoms with Crippen molar-refractivity contribution in [1.29, 1.82) is 0 Å². The summed E-state index contributed by atoms with van der Waals surface area (Å²) < 4.78 is 0. The van der Waals surface area contributed by atoms with E-state index in [1.54, 1.807) is 0 Å². The smallest absolute Gasteiger partial charge is 0.303 e. The second-order valence-electron chi connectivity index (χ2n) is 5.73. The number of hydrogen-bond acceptors (Lipinski definition) is 1. The number of carboxylic acids is 1. The second kappa shape index (κ2) is 20.0. The molecule has 1 N–H and O–H groups in total. The second-order valence-corrected chi connectivity index (χ2v) is 5.73. The number of rotatable bonds is 15. The normalized spacial score (nSPS) is 10.7. The first-order valence-corrected chi connectivity index (χ1v) is 8.64. The van der Waals surface area contributed by atoms with Crippen molar-refractivity contribution in [3.8, 4) is 0 Å². The maximum Gasteiger partial charge on any atom is 0.303 e. The monoisotopic (exact) mass is 403 g/mol. The molecule has 0 aliphatic rings. The Hall–Kier alpha value is 0.0282. The van der Waals surface area contributed by atoms with Gasteiger partial charge in [0.05, 0.1) is 0 Å². The Bertz CT molecular complexity index is 239. The molecule has 2 nitrogen and oxygen atoms in total. The molecular weight excluding hydrogens is 370 g/mol. The van der Waals surface area contributed by atoms with Crippen LogP contribution in [-0.4, -0.2) is 35.5 Å². The van der Waals surface area contributed by atoms with Crippen molar-refractivity contribution in [2.75, 3.05) is 0 Å². The molecule has 0 bridgehead atoms. The number of allylic oxidation sites excluding steroid dienone is 2. The number of hydrogen-bond donors (Lipinski definition) is 1. The molecule has 0 amide bonds. The third-order valence-electron chi connectivity index (χ3n) is 3.65. The molecule has 0 atom stereocenters. The van der Waals surface area contributed by atoms with E-state index in [4.69, 9.17) is 5.11 Å². The summed E-state index contributed by atoms with van der Waals surface area (Å²) in [6.07, 6.45) is 21.2. The van der Waals surface area contributed by atoms with Gasteiger partial charge in [0.15, 0.2) is 0 Å². The fourth-order valence-electron chi connectivity index (χ4n) is 2.35. The molecule has 0 saturated heterocycles. The van der Waals surface area contributed by atoms with E-state index in [1.165, 1.54) is 70.6 Å². The van der Waals surface area contributed by atoms with Gasteiger partial charge < -0.3 is 5.11 Å². The van der Waals surface area contributed by atoms with E-state index in [0.717, 1.165) is 12.8 Å². The molecule has 0 aliphatic heterocycles.